The van der Waals surface area contributed by atoms with Crippen molar-refractivity contribution in [3.63, 3.8) is 0 Å². The molecule has 2 rings (SSSR count). The lowest BCUT2D eigenvalue weighted by molar-refractivity contribution is -0.137. The Kier molecular flexibility index (Phi) is 4.45. The lowest BCUT2D eigenvalue weighted by Gasteiger charge is -2.11. The Morgan fingerprint density at radius 3 is 2.85 bits per heavy atom. The molecule has 0 saturated heterocycles. The Balaban J connectivity index is 2.30. The van der Waals surface area contributed by atoms with E-state index in [1.54, 1.807) is 7.11 Å². The van der Waals surface area contributed by atoms with Crippen molar-refractivity contribution in [2.45, 2.75) is 19.8 Å². The van der Waals surface area contributed by atoms with Crippen molar-refractivity contribution in [3.8, 4) is 5.75 Å². The van der Waals surface area contributed by atoms with E-state index >= 15 is 0 Å². The normalized spacial score (nSPS) is 12.3. The van der Waals surface area contributed by atoms with Gasteiger partial charge in [0.15, 0.2) is 0 Å². The summed E-state index contributed by atoms with van der Waals surface area (Å²) in [6, 6.07) is 7.57. The summed E-state index contributed by atoms with van der Waals surface area (Å²) in [5, 5.41) is 10.2. The summed E-state index contributed by atoms with van der Waals surface area (Å²) in [4.78, 5) is 15.1. The van der Waals surface area contributed by atoms with Crippen LogP contribution >= 0.6 is 11.6 Å². The maximum Gasteiger partial charge on any atom is 0.303 e. The summed E-state index contributed by atoms with van der Waals surface area (Å²) >= 11 is 6.18. The van der Waals surface area contributed by atoms with Gasteiger partial charge in [-0.3, -0.25) is 4.79 Å². The summed E-state index contributed by atoms with van der Waals surface area (Å²) in [6.45, 7) is 1.89. The van der Waals surface area contributed by atoms with Gasteiger partial charge in [0.1, 0.15) is 10.9 Å². The lowest BCUT2D eigenvalue weighted by Crippen LogP contribution is -2.07. The second kappa shape index (κ2) is 6.09. The zero-order valence-corrected chi connectivity index (χ0v) is 12.1. The van der Waals surface area contributed by atoms with Gasteiger partial charge in [0.25, 0.3) is 0 Å². The predicted octanol–water partition coefficient (Wildman–Crippen LogP) is 3.55. The number of carbonyl (C=O) groups is 1. The Morgan fingerprint density at radius 1 is 1.45 bits per heavy atom. The summed E-state index contributed by atoms with van der Waals surface area (Å²) in [5.74, 6) is -0.0531. The molecule has 20 heavy (non-hydrogen) atoms. The maximum absolute atomic E-state index is 10.7. The third-order valence-corrected chi connectivity index (χ3v) is 3.47. The summed E-state index contributed by atoms with van der Waals surface area (Å²) in [5.41, 5.74) is 1.64. The lowest BCUT2D eigenvalue weighted by atomic mass is 9.98. The topological polar surface area (TPSA) is 59.4 Å². The quantitative estimate of drug-likeness (QED) is 0.857. The van der Waals surface area contributed by atoms with Crippen LogP contribution < -0.4 is 4.74 Å². The minimum atomic E-state index is -0.799. The summed E-state index contributed by atoms with van der Waals surface area (Å²) in [6.07, 6.45) is 0.719. The minimum absolute atomic E-state index is 0.0162. The van der Waals surface area contributed by atoms with Gasteiger partial charge in [0.2, 0.25) is 0 Å². The SMILES string of the molecule is COc1ccc2cc(CC(C)CC(=O)O)c(Cl)nc2c1. The molecule has 5 heteroatoms. The molecular formula is C15H16ClNO3. The van der Waals surface area contributed by atoms with E-state index in [1.165, 1.54) is 0 Å². The number of aromatic nitrogens is 1. The minimum Gasteiger partial charge on any atom is -0.497 e. The molecule has 1 heterocycles. The van der Waals surface area contributed by atoms with E-state index < -0.39 is 5.97 Å². The third kappa shape index (κ3) is 3.39. The average Bonchev–Trinajstić information content (AvgIpc) is 2.38. The standard InChI is InChI=1S/C15H16ClNO3/c1-9(6-14(18)19)5-11-7-10-3-4-12(20-2)8-13(10)17-15(11)16/h3-4,7-9H,5-6H2,1-2H3,(H,18,19). The first-order chi connectivity index (χ1) is 9.49. The Hall–Kier alpha value is -1.81. The highest BCUT2D eigenvalue weighted by Gasteiger charge is 2.12. The number of hydrogen-bond acceptors (Lipinski definition) is 3. The molecule has 0 fully saturated rings. The van der Waals surface area contributed by atoms with Crippen LogP contribution in [-0.2, 0) is 11.2 Å². The largest absolute Gasteiger partial charge is 0.497 e. The van der Waals surface area contributed by atoms with Gasteiger partial charge < -0.3 is 9.84 Å². The van der Waals surface area contributed by atoms with Crippen LogP contribution in [0.5, 0.6) is 5.75 Å². The molecule has 1 aromatic carbocycles. The predicted molar refractivity (Wildman–Crippen MR) is 78.4 cm³/mol. The first-order valence-corrected chi connectivity index (χ1v) is 6.72. The first kappa shape index (κ1) is 14.6. The van der Waals surface area contributed by atoms with Crippen LogP contribution in [-0.4, -0.2) is 23.2 Å². The van der Waals surface area contributed by atoms with Gasteiger partial charge in [0, 0.05) is 17.9 Å². The number of hydrogen-bond donors (Lipinski definition) is 1. The number of carboxylic acids is 1. The fraction of sp³-hybridized carbons (Fsp3) is 0.333. The smallest absolute Gasteiger partial charge is 0.303 e. The van der Waals surface area contributed by atoms with Gasteiger partial charge in [-0.1, -0.05) is 18.5 Å². The zero-order valence-electron chi connectivity index (χ0n) is 11.4. The van der Waals surface area contributed by atoms with Crippen LogP contribution in [0.25, 0.3) is 10.9 Å². The van der Waals surface area contributed by atoms with E-state index in [1.807, 2.05) is 31.2 Å². The van der Waals surface area contributed by atoms with Gasteiger partial charge in [-0.05, 0) is 36.1 Å². The third-order valence-electron chi connectivity index (χ3n) is 3.14. The Morgan fingerprint density at radius 2 is 2.20 bits per heavy atom. The van der Waals surface area contributed by atoms with Gasteiger partial charge in [-0.2, -0.15) is 0 Å². The molecule has 0 amide bonds. The van der Waals surface area contributed by atoms with Crippen LogP contribution in [0.2, 0.25) is 5.15 Å². The molecule has 0 bridgehead atoms. The Labute approximate surface area is 122 Å². The number of fused-ring (bicyclic) bond motifs is 1. The molecule has 0 radical (unpaired) electrons. The van der Waals surface area contributed by atoms with Gasteiger partial charge in [-0.25, -0.2) is 4.98 Å². The molecule has 0 spiro atoms. The number of ether oxygens (including phenoxy) is 1. The molecule has 1 N–H and O–H groups in total. The van der Waals surface area contributed by atoms with E-state index in [4.69, 9.17) is 21.4 Å². The molecule has 2 aromatic rings. The molecule has 1 aromatic heterocycles. The fourth-order valence-electron chi connectivity index (χ4n) is 2.18. The number of methoxy groups -OCH3 is 1. The van der Waals surface area contributed by atoms with E-state index in [-0.39, 0.29) is 12.3 Å². The van der Waals surface area contributed by atoms with Crippen LogP contribution in [0, 0.1) is 5.92 Å². The highest BCUT2D eigenvalue weighted by molar-refractivity contribution is 6.30. The highest BCUT2D eigenvalue weighted by atomic mass is 35.5. The van der Waals surface area contributed by atoms with E-state index in [9.17, 15) is 4.79 Å². The maximum atomic E-state index is 10.7. The monoisotopic (exact) mass is 293 g/mol. The van der Waals surface area contributed by atoms with E-state index in [0.717, 1.165) is 22.2 Å². The molecule has 0 aliphatic rings. The molecule has 4 nitrogen and oxygen atoms in total. The number of carboxylic acid groups (broad SMARTS) is 1. The van der Waals surface area contributed by atoms with Crippen molar-refractivity contribution in [2.75, 3.05) is 7.11 Å². The van der Waals surface area contributed by atoms with Crippen LogP contribution in [0.1, 0.15) is 18.9 Å². The van der Waals surface area contributed by atoms with Crippen LogP contribution in [0.4, 0.5) is 0 Å². The second-order valence-electron chi connectivity index (χ2n) is 4.90. The average molecular weight is 294 g/mol. The molecule has 0 saturated carbocycles. The first-order valence-electron chi connectivity index (χ1n) is 6.34. The molecular weight excluding hydrogens is 278 g/mol. The van der Waals surface area contributed by atoms with Crippen LogP contribution in [0.15, 0.2) is 24.3 Å². The number of rotatable bonds is 5. The number of benzene rings is 1. The molecule has 0 aliphatic heterocycles. The van der Waals surface area contributed by atoms with Crippen molar-refractivity contribution < 1.29 is 14.6 Å². The van der Waals surface area contributed by atoms with Crippen molar-refractivity contribution in [2.24, 2.45) is 5.92 Å². The summed E-state index contributed by atoms with van der Waals surface area (Å²) in [7, 11) is 1.60. The second-order valence-corrected chi connectivity index (χ2v) is 5.26. The Bertz CT molecular complexity index is 642. The van der Waals surface area contributed by atoms with Crippen molar-refractivity contribution >= 4 is 28.5 Å². The number of nitrogens with zero attached hydrogens (tertiary/aromatic N) is 1. The molecule has 1 atom stereocenters. The number of pyridine rings is 1. The van der Waals surface area contributed by atoms with Gasteiger partial charge >= 0.3 is 5.97 Å². The summed E-state index contributed by atoms with van der Waals surface area (Å²) < 4.78 is 5.15. The van der Waals surface area contributed by atoms with Gasteiger partial charge in [-0.15, -0.1) is 0 Å². The molecule has 1 unspecified atom stereocenters. The molecule has 106 valence electrons. The molecule has 0 aliphatic carbocycles. The highest BCUT2D eigenvalue weighted by Crippen LogP contribution is 2.26. The fourth-order valence-corrected chi connectivity index (χ4v) is 2.41. The van der Waals surface area contributed by atoms with Crippen molar-refractivity contribution in [1.82, 2.24) is 4.98 Å². The number of halogens is 1. The zero-order chi connectivity index (χ0) is 14.7. The van der Waals surface area contributed by atoms with E-state index in [0.29, 0.717) is 11.6 Å². The van der Waals surface area contributed by atoms with Crippen molar-refractivity contribution in [3.05, 3.63) is 35.0 Å². The number of aliphatic carboxylic acids is 1. The van der Waals surface area contributed by atoms with Crippen molar-refractivity contribution in [1.29, 1.82) is 0 Å². The van der Waals surface area contributed by atoms with Gasteiger partial charge in [0.05, 0.1) is 12.6 Å². The van der Waals surface area contributed by atoms with Crippen LogP contribution in [0.3, 0.4) is 0 Å². The van der Waals surface area contributed by atoms with E-state index in [2.05, 4.69) is 4.98 Å².